The second kappa shape index (κ2) is 4.26. The Hall–Kier alpha value is -0.830. The molecule has 0 bridgehead atoms. The van der Waals surface area contributed by atoms with Crippen LogP contribution >= 0.6 is 0 Å². The van der Waals surface area contributed by atoms with Crippen molar-refractivity contribution in [2.45, 2.75) is 32.9 Å². The third kappa shape index (κ3) is 2.08. The van der Waals surface area contributed by atoms with Crippen LogP contribution in [0.2, 0.25) is 0 Å². The fourth-order valence-electron chi connectivity index (χ4n) is 1.14. The van der Waals surface area contributed by atoms with E-state index < -0.39 is 0 Å². The maximum Gasteiger partial charge on any atom is 0.243 e. The van der Waals surface area contributed by atoms with Crippen molar-refractivity contribution >= 4 is 0 Å². The Balaban J connectivity index is 2.82. The van der Waals surface area contributed by atoms with Crippen molar-refractivity contribution in [1.82, 2.24) is 4.57 Å². The first kappa shape index (κ1) is 7.80. The lowest BCUT2D eigenvalue weighted by atomic mass is 10.3. The number of unbranched alkanes of at least 4 members (excludes halogenated alkanes) is 1. The van der Waals surface area contributed by atoms with Gasteiger partial charge in [0.15, 0.2) is 7.06 Å². The number of hydrogen-bond acceptors (Lipinski definition) is 1. The molecular weight excluding hydrogens is 152 g/mol. The molecule has 0 fully saturated rings. The third-order valence-corrected chi connectivity index (χ3v) is 1.93. The molecule has 0 unspecified atom stereocenters. The van der Waals surface area contributed by atoms with Crippen molar-refractivity contribution in [3.63, 3.8) is 0 Å². The number of imidazole rings is 1. The van der Waals surface area contributed by atoms with Gasteiger partial charge in [-0.25, -0.2) is 9.13 Å². The largest absolute Gasteiger partial charge is 0.388 e. The van der Waals surface area contributed by atoms with E-state index in [2.05, 4.69) is 6.92 Å². The van der Waals surface area contributed by atoms with E-state index in [0.717, 1.165) is 25.1 Å². The van der Waals surface area contributed by atoms with Crippen LogP contribution in [0, 0.1) is 0 Å². The standard InChI is InChI=1S/C9H17N2O/c1-3-4-5-11-6-9(7-12)10(2)8-11/h6,8,12H,3-5,7H2,1-2H3/q+1/i8D. The summed E-state index contributed by atoms with van der Waals surface area (Å²) >= 11 is 0. The molecule has 0 amide bonds. The van der Waals surface area contributed by atoms with Gasteiger partial charge in [0.25, 0.3) is 0 Å². The summed E-state index contributed by atoms with van der Waals surface area (Å²) in [5.74, 6) is 0. The summed E-state index contributed by atoms with van der Waals surface area (Å²) in [6, 6.07) is 0. The van der Waals surface area contributed by atoms with E-state index in [-0.39, 0.29) is 6.61 Å². The molecule has 3 nitrogen and oxygen atoms in total. The molecule has 3 heteroatoms. The maximum atomic E-state index is 8.96. The molecule has 1 aromatic heterocycles. The molecule has 0 aliphatic carbocycles. The predicted molar refractivity (Wildman–Crippen MR) is 46.4 cm³/mol. The lowest BCUT2D eigenvalue weighted by Gasteiger charge is -1.90. The molecule has 0 saturated heterocycles. The van der Waals surface area contributed by atoms with Crippen LogP contribution in [0.3, 0.4) is 0 Å². The monoisotopic (exact) mass is 170 g/mol. The van der Waals surface area contributed by atoms with Gasteiger partial charge in [-0.2, -0.15) is 0 Å². The zero-order valence-electron chi connectivity index (χ0n) is 8.75. The zero-order chi connectivity index (χ0) is 9.84. The molecule has 0 saturated carbocycles. The number of aryl methyl sites for hydroxylation is 1. The van der Waals surface area contributed by atoms with E-state index in [1.807, 2.05) is 10.8 Å². The molecule has 1 N–H and O–H groups in total. The van der Waals surface area contributed by atoms with Gasteiger partial charge < -0.3 is 5.11 Å². The minimum absolute atomic E-state index is 0.00149. The Morgan fingerprint density at radius 3 is 3.00 bits per heavy atom. The lowest BCUT2D eigenvalue weighted by Crippen LogP contribution is -2.30. The van der Waals surface area contributed by atoms with E-state index in [1.165, 1.54) is 0 Å². The molecule has 1 rings (SSSR count). The van der Waals surface area contributed by atoms with E-state index in [1.54, 1.807) is 11.6 Å². The van der Waals surface area contributed by atoms with Crippen LogP contribution < -0.4 is 4.57 Å². The molecule has 1 aromatic rings. The molecular formula is C9H17N2O+. The van der Waals surface area contributed by atoms with Crippen molar-refractivity contribution in [1.29, 1.82) is 0 Å². The zero-order valence-corrected chi connectivity index (χ0v) is 7.75. The Bertz CT molecular complexity index is 283. The summed E-state index contributed by atoms with van der Waals surface area (Å²) in [5, 5.41) is 8.96. The predicted octanol–water partition coefficient (Wildman–Crippen LogP) is 0.605. The van der Waals surface area contributed by atoms with Crippen LogP contribution in [0.1, 0.15) is 26.8 Å². The highest BCUT2D eigenvalue weighted by Crippen LogP contribution is 1.94. The molecule has 12 heavy (non-hydrogen) atoms. The van der Waals surface area contributed by atoms with Gasteiger partial charge in [0.05, 0.1) is 13.6 Å². The minimum atomic E-state index is 0.00149. The fraction of sp³-hybridized carbons (Fsp3) is 0.667. The van der Waals surface area contributed by atoms with E-state index in [4.69, 9.17) is 6.48 Å². The molecule has 0 aromatic carbocycles. The highest BCUT2D eigenvalue weighted by atomic mass is 16.3. The number of rotatable bonds is 4. The summed E-state index contributed by atoms with van der Waals surface area (Å²) in [5.41, 5.74) is 0.793. The summed E-state index contributed by atoms with van der Waals surface area (Å²) < 4.78 is 11.3. The van der Waals surface area contributed by atoms with Gasteiger partial charge >= 0.3 is 0 Å². The van der Waals surface area contributed by atoms with E-state index >= 15 is 0 Å². The second-order valence-electron chi connectivity index (χ2n) is 2.98. The molecule has 1 heterocycles. The average molecular weight is 170 g/mol. The first-order valence-corrected chi connectivity index (χ1v) is 4.36. The van der Waals surface area contributed by atoms with Crippen LogP contribution in [0.15, 0.2) is 12.5 Å². The third-order valence-electron chi connectivity index (χ3n) is 1.93. The minimum Gasteiger partial charge on any atom is -0.388 e. The van der Waals surface area contributed by atoms with Gasteiger partial charge in [-0.15, -0.1) is 0 Å². The molecule has 68 valence electrons. The van der Waals surface area contributed by atoms with E-state index in [0.29, 0.717) is 6.30 Å². The summed E-state index contributed by atoms with van der Waals surface area (Å²) in [4.78, 5) is 0. The van der Waals surface area contributed by atoms with Crippen LogP contribution in [-0.4, -0.2) is 9.67 Å². The maximum absolute atomic E-state index is 8.96. The smallest absolute Gasteiger partial charge is 0.243 e. The summed E-state index contributed by atoms with van der Waals surface area (Å²) in [7, 11) is 1.80. The van der Waals surface area contributed by atoms with Crippen LogP contribution in [-0.2, 0) is 20.2 Å². The van der Waals surface area contributed by atoms with Crippen LogP contribution in [0.5, 0.6) is 0 Å². The van der Waals surface area contributed by atoms with Gasteiger partial charge in [0.1, 0.15) is 12.8 Å². The Kier molecular flexibility index (Phi) is 2.77. The van der Waals surface area contributed by atoms with Crippen molar-refractivity contribution in [2.75, 3.05) is 0 Å². The number of nitrogens with zero attached hydrogens (tertiary/aromatic N) is 2. The second-order valence-corrected chi connectivity index (χ2v) is 2.98. The first-order chi connectivity index (χ1) is 6.20. The van der Waals surface area contributed by atoms with Crippen LogP contribution in [0.25, 0.3) is 0 Å². The number of aromatic nitrogens is 2. The van der Waals surface area contributed by atoms with Gasteiger partial charge in [-0.3, -0.25) is 0 Å². The fourth-order valence-corrected chi connectivity index (χ4v) is 1.14. The van der Waals surface area contributed by atoms with Crippen molar-refractivity contribution in [2.24, 2.45) is 7.05 Å². The molecule has 0 aliphatic rings. The van der Waals surface area contributed by atoms with Crippen LogP contribution in [0.4, 0.5) is 0 Å². The topological polar surface area (TPSA) is 29.0 Å². The molecule has 0 radical (unpaired) electrons. The summed E-state index contributed by atoms with van der Waals surface area (Å²) in [6.07, 6.45) is 4.50. The van der Waals surface area contributed by atoms with Gasteiger partial charge in [0.2, 0.25) is 6.30 Å². The first-order valence-electron chi connectivity index (χ1n) is 4.86. The van der Waals surface area contributed by atoms with Gasteiger partial charge in [0, 0.05) is 0 Å². The van der Waals surface area contributed by atoms with Crippen molar-refractivity contribution in [3.05, 3.63) is 18.2 Å². The highest BCUT2D eigenvalue weighted by Gasteiger charge is 2.07. The molecule has 0 atom stereocenters. The average Bonchev–Trinajstić information content (AvgIpc) is 2.41. The SMILES string of the molecule is [2H]c1n(C)c(CO)c[n+]1CCCC. The normalized spacial score (nSPS) is 11.8. The van der Waals surface area contributed by atoms with Gasteiger partial charge in [-0.1, -0.05) is 13.3 Å². The Morgan fingerprint density at radius 2 is 2.50 bits per heavy atom. The number of hydrogen-bond donors (Lipinski definition) is 1. The quantitative estimate of drug-likeness (QED) is 0.659. The summed E-state index contributed by atoms with van der Waals surface area (Å²) in [6.45, 7) is 2.99. The van der Waals surface area contributed by atoms with E-state index in [9.17, 15) is 0 Å². The number of aliphatic hydroxyl groups excluding tert-OH is 1. The number of aliphatic hydroxyl groups is 1. The lowest BCUT2D eigenvalue weighted by molar-refractivity contribution is -0.697. The highest BCUT2D eigenvalue weighted by molar-refractivity contribution is 4.89. The molecule has 0 spiro atoms. The van der Waals surface area contributed by atoms with Crippen molar-refractivity contribution in [3.8, 4) is 0 Å². The van der Waals surface area contributed by atoms with Crippen molar-refractivity contribution < 1.29 is 11.0 Å². The Labute approximate surface area is 74.7 Å². The Morgan fingerprint density at radius 1 is 1.75 bits per heavy atom. The molecule has 0 aliphatic heterocycles. The van der Waals surface area contributed by atoms with Gasteiger partial charge in [-0.05, 0) is 6.42 Å².